The lowest BCUT2D eigenvalue weighted by Gasteiger charge is -2.23. The van der Waals surface area contributed by atoms with Gasteiger partial charge in [0.25, 0.3) is 0 Å². The van der Waals surface area contributed by atoms with Gasteiger partial charge in [0.15, 0.2) is 0 Å². The van der Waals surface area contributed by atoms with Crippen LogP contribution >= 0.6 is 0 Å². The summed E-state index contributed by atoms with van der Waals surface area (Å²) >= 11 is 0. The monoisotopic (exact) mass is 221 g/mol. The molecule has 0 aliphatic carbocycles. The standard InChI is InChI=1S/C14H23NO/c1-5-14(2,3)16-11-13-8-6-12(7-9-13)10-15-4/h6-9,15H,5,10-11H2,1-4H3. The molecule has 0 heterocycles. The molecule has 1 aromatic rings. The fraction of sp³-hybridized carbons (Fsp3) is 0.571. The van der Waals surface area contributed by atoms with E-state index in [1.165, 1.54) is 11.1 Å². The van der Waals surface area contributed by atoms with Crippen LogP contribution in [0.2, 0.25) is 0 Å². The second-order valence-electron chi connectivity index (χ2n) is 4.75. The summed E-state index contributed by atoms with van der Waals surface area (Å²) in [4.78, 5) is 0. The minimum absolute atomic E-state index is 0.0242. The highest BCUT2D eigenvalue weighted by Gasteiger charge is 2.14. The van der Waals surface area contributed by atoms with Crippen molar-refractivity contribution in [3.63, 3.8) is 0 Å². The zero-order chi connectivity index (χ0) is 12.0. The average molecular weight is 221 g/mol. The van der Waals surface area contributed by atoms with Crippen LogP contribution in [0.5, 0.6) is 0 Å². The van der Waals surface area contributed by atoms with Crippen molar-refractivity contribution in [2.24, 2.45) is 0 Å². The molecule has 1 N–H and O–H groups in total. The normalized spacial score (nSPS) is 11.8. The second-order valence-corrected chi connectivity index (χ2v) is 4.75. The molecule has 0 fully saturated rings. The molecule has 0 spiro atoms. The summed E-state index contributed by atoms with van der Waals surface area (Å²) in [7, 11) is 1.96. The first-order chi connectivity index (χ1) is 7.57. The van der Waals surface area contributed by atoms with Crippen LogP contribution in [-0.2, 0) is 17.9 Å². The highest BCUT2D eigenvalue weighted by atomic mass is 16.5. The highest BCUT2D eigenvalue weighted by molar-refractivity contribution is 5.21. The van der Waals surface area contributed by atoms with Crippen LogP contribution in [0, 0.1) is 0 Å². The lowest BCUT2D eigenvalue weighted by Crippen LogP contribution is -2.22. The Morgan fingerprint density at radius 1 is 1.12 bits per heavy atom. The van der Waals surface area contributed by atoms with Gasteiger partial charge in [-0.3, -0.25) is 0 Å². The van der Waals surface area contributed by atoms with Gasteiger partial charge in [0.2, 0.25) is 0 Å². The molecule has 2 nitrogen and oxygen atoms in total. The molecule has 0 amide bonds. The van der Waals surface area contributed by atoms with Crippen molar-refractivity contribution >= 4 is 0 Å². The van der Waals surface area contributed by atoms with Gasteiger partial charge in [-0.15, -0.1) is 0 Å². The Hall–Kier alpha value is -0.860. The first kappa shape index (κ1) is 13.2. The van der Waals surface area contributed by atoms with Crippen LogP contribution < -0.4 is 5.32 Å². The molecule has 90 valence electrons. The molecule has 1 aromatic carbocycles. The van der Waals surface area contributed by atoms with Crippen molar-refractivity contribution in [1.82, 2.24) is 5.32 Å². The van der Waals surface area contributed by atoms with Gasteiger partial charge in [0.1, 0.15) is 0 Å². The van der Waals surface area contributed by atoms with Crippen molar-refractivity contribution in [3.05, 3.63) is 35.4 Å². The summed E-state index contributed by atoms with van der Waals surface area (Å²) < 4.78 is 5.85. The fourth-order valence-corrected chi connectivity index (χ4v) is 1.34. The summed E-state index contributed by atoms with van der Waals surface area (Å²) in [6.45, 7) is 8.02. The van der Waals surface area contributed by atoms with Gasteiger partial charge in [-0.2, -0.15) is 0 Å². The maximum Gasteiger partial charge on any atom is 0.0724 e. The first-order valence-corrected chi connectivity index (χ1v) is 5.94. The predicted octanol–water partition coefficient (Wildman–Crippen LogP) is 3.11. The van der Waals surface area contributed by atoms with E-state index in [1.807, 2.05) is 7.05 Å². The summed E-state index contributed by atoms with van der Waals surface area (Å²) in [5.41, 5.74) is 2.52. The van der Waals surface area contributed by atoms with E-state index in [0.717, 1.165) is 13.0 Å². The maximum absolute atomic E-state index is 5.85. The minimum Gasteiger partial charge on any atom is -0.371 e. The number of benzene rings is 1. The summed E-state index contributed by atoms with van der Waals surface area (Å²) in [5.74, 6) is 0. The molecule has 2 heteroatoms. The predicted molar refractivity (Wildman–Crippen MR) is 68.4 cm³/mol. The molecule has 0 unspecified atom stereocenters. The van der Waals surface area contributed by atoms with Gasteiger partial charge in [0.05, 0.1) is 12.2 Å². The molecule has 1 rings (SSSR count). The van der Waals surface area contributed by atoms with Crippen molar-refractivity contribution < 1.29 is 4.74 Å². The number of ether oxygens (including phenoxy) is 1. The quantitative estimate of drug-likeness (QED) is 0.797. The molecule has 0 aliphatic heterocycles. The Bertz CT molecular complexity index is 303. The molecule has 0 radical (unpaired) electrons. The van der Waals surface area contributed by atoms with Crippen molar-refractivity contribution in [1.29, 1.82) is 0 Å². The summed E-state index contributed by atoms with van der Waals surface area (Å²) in [6, 6.07) is 8.57. The van der Waals surface area contributed by atoms with Gasteiger partial charge in [-0.1, -0.05) is 31.2 Å². The Kier molecular flexibility index (Phi) is 4.97. The average Bonchev–Trinajstić information content (AvgIpc) is 2.29. The van der Waals surface area contributed by atoms with Crippen LogP contribution in [0.4, 0.5) is 0 Å². The molecule has 0 saturated heterocycles. The summed E-state index contributed by atoms with van der Waals surface area (Å²) in [6.07, 6.45) is 1.03. The van der Waals surface area contributed by atoms with Gasteiger partial charge >= 0.3 is 0 Å². The van der Waals surface area contributed by atoms with E-state index in [9.17, 15) is 0 Å². The van der Waals surface area contributed by atoms with Crippen LogP contribution in [0.25, 0.3) is 0 Å². The molecule has 0 aliphatic rings. The SMILES string of the molecule is CCC(C)(C)OCc1ccc(CNC)cc1. The second kappa shape index (κ2) is 6.02. The largest absolute Gasteiger partial charge is 0.371 e. The Morgan fingerprint density at radius 3 is 2.19 bits per heavy atom. The van der Waals surface area contributed by atoms with Crippen molar-refractivity contribution in [2.75, 3.05) is 7.05 Å². The van der Waals surface area contributed by atoms with Crippen molar-refractivity contribution in [2.45, 2.75) is 45.9 Å². The van der Waals surface area contributed by atoms with E-state index in [-0.39, 0.29) is 5.60 Å². The number of hydrogen-bond donors (Lipinski definition) is 1. The maximum atomic E-state index is 5.85. The van der Waals surface area contributed by atoms with Crippen LogP contribution in [-0.4, -0.2) is 12.6 Å². The van der Waals surface area contributed by atoms with E-state index in [4.69, 9.17) is 4.74 Å². The van der Waals surface area contributed by atoms with Gasteiger partial charge in [-0.25, -0.2) is 0 Å². The van der Waals surface area contributed by atoms with Crippen LogP contribution in [0.3, 0.4) is 0 Å². The molecule has 0 aromatic heterocycles. The molecular weight excluding hydrogens is 198 g/mol. The van der Waals surface area contributed by atoms with Crippen LogP contribution in [0.15, 0.2) is 24.3 Å². The lowest BCUT2D eigenvalue weighted by molar-refractivity contribution is -0.0316. The fourth-order valence-electron chi connectivity index (χ4n) is 1.34. The number of hydrogen-bond acceptors (Lipinski definition) is 2. The third-order valence-electron chi connectivity index (χ3n) is 2.88. The third kappa shape index (κ3) is 4.33. The molecule has 0 bridgehead atoms. The first-order valence-electron chi connectivity index (χ1n) is 5.94. The topological polar surface area (TPSA) is 21.3 Å². The molecular formula is C14H23NO. The zero-order valence-electron chi connectivity index (χ0n) is 10.8. The molecule has 0 atom stereocenters. The Labute approximate surface area is 99.0 Å². The van der Waals surface area contributed by atoms with E-state index >= 15 is 0 Å². The summed E-state index contributed by atoms with van der Waals surface area (Å²) in [5, 5.41) is 3.14. The third-order valence-corrected chi connectivity index (χ3v) is 2.88. The van der Waals surface area contributed by atoms with Gasteiger partial charge < -0.3 is 10.1 Å². The number of nitrogens with one attached hydrogen (secondary N) is 1. The van der Waals surface area contributed by atoms with E-state index in [0.29, 0.717) is 6.61 Å². The minimum atomic E-state index is -0.0242. The van der Waals surface area contributed by atoms with E-state index in [1.54, 1.807) is 0 Å². The molecule has 0 saturated carbocycles. The highest BCUT2D eigenvalue weighted by Crippen LogP contribution is 2.16. The van der Waals surface area contributed by atoms with E-state index < -0.39 is 0 Å². The lowest BCUT2D eigenvalue weighted by atomic mass is 10.1. The molecule has 16 heavy (non-hydrogen) atoms. The van der Waals surface area contributed by atoms with Gasteiger partial charge in [0, 0.05) is 6.54 Å². The van der Waals surface area contributed by atoms with E-state index in [2.05, 4.69) is 50.4 Å². The number of rotatable bonds is 6. The smallest absolute Gasteiger partial charge is 0.0724 e. The van der Waals surface area contributed by atoms with Crippen molar-refractivity contribution in [3.8, 4) is 0 Å². The van der Waals surface area contributed by atoms with Gasteiger partial charge in [-0.05, 0) is 38.4 Å². The Balaban J connectivity index is 2.49. The van der Waals surface area contributed by atoms with Crippen LogP contribution in [0.1, 0.15) is 38.3 Å². The zero-order valence-corrected chi connectivity index (χ0v) is 10.8. The Morgan fingerprint density at radius 2 is 1.69 bits per heavy atom.